The van der Waals surface area contributed by atoms with Gasteiger partial charge in [-0.05, 0) is 79.8 Å². The lowest BCUT2D eigenvalue weighted by molar-refractivity contribution is 0.179. The molecule has 0 saturated carbocycles. The molecule has 0 spiro atoms. The summed E-state index contributed by atoms with van der Waals surface area (Å²) in [6.07, 6.45) is 5.94. The molecule has 152 valence electrons. The molecule has 2 aromatic carbocycles. The van der Waals surface area contributed by atoms with Crippen LogP contribution in [0.15, 0.2) is 54.6 Å². The third kappa shape index (κ3) is 6.46. The molecule has 1 heterocycles. The van der Waals surface area contributed by atoms with Crippen LogP contribution in [0, 0.1) is 5.92 Å². The fraction of sp³-hybridized carbons (Fsp3) is 0.538. The minimum atomic E-state index is 0.216. The Labute approximate surface area is 172 Å². The topological polar surface area (TPSA) is 29.3 Å². The van der Waals surface area contributed by atoms with Gasteiger partial charge in [0.1, 0.15) is 0 Å². The Hall–Kier alpha value is -1.64. The normalized spacial score (nSPS) is 17.6. The van der Waals surface area contributed by atoms with Gasteiger partial charge < -0.3 is 10.6 Å². The van der Waals surface area contributed by atoms with Crippen LogP contribution >= 0.6 is 0 Å². The van der Waals surface area contributed by atoms with Gasteiger partial charge in [0.2, 0.25) is 0 Å². The van der Waals surface area contributed by atoms with Gasteiger partial charge in [-0.25, -0.2) is 0 Å². The standard InChI is InChI=1S/C26H38N2/c1-26(2,3)24-11-9-22(10-12-24)20-25(27)15-18-28-16-13-23(14-17-28)19-21-7-5-4-6-8-21/h4-12,23,25H,13-20,27H2,1-3H3. The van der Waals surface area contributed by atoms with Crippen molar-refractivity contribution in [3.05, 3.63) is 71.3 Å². The van der Waals surface area contributed by atoms with Crippen LogP contribution in [0.1, 0.15) is 56.7 Å². The van der Waals surface area contributed by atoms with E-state index in [9.17, 15) is 0 Å². The fourth-order valence-corrected chi connectivity index (χ4v) is 4.26. The summed E-state index contributed by atoms with van der Waals surface area (Å²) in [4.78, 5) is 2.62. The molecular formula is C26H38N2. The average molecular weight is 379 g/mol. The van der Waals surface area contributed by atoms with Gasteiger partial charge >= 0.3 is 0 Å². The first-order valence-corrected chi connectivity index (χ1v) is 11.0. The number of rotatable bonds is 7. The zero-order chi connectivity index (χ0) is 20.0. The largest absolute Gasteiger partial charge is 0.327 e. The van der Waals surface area contributed by atoms with Crippen molar-refractivity contribution in [1.29, 1.82) is 0 Å². The van der Waals surface area contributed by atoms with Crippen molar-refractivity contribution in [2.75, 3.05) is 19.6 Å². The Morgan fingerprint density at radius 3 is 2.18 bits per heavy atom. The van der Waals surface area contributed by atoms with Crippen LogP contribution in [0.25, 0.3) is 0 Å². The highest BCUT2D eigenvalue weighted by molar-refractivity contribution is 5.28. The van der Waals surface area contributed by atoms with E-state index in [1.807, 2.05) is 0 Å². The van der Waals surface area contributed by atoms with Gasteiger partial charge in [-0.3, -0.25) is 0 Å². The Morgan fingerprint density at radius 1 is 0.929 bits per heavy atom. The van der Waals surface area contributed by atoms with E-state index in [0.29, 0.717) is 0 Å². The molecule has 1 fully saturated rings. The molecule has 3 rings (SSSR count). The lowest BCUT2D eigenvalue weighted by Gasteiger charge is -2.32. The van der Waals surface area contributed by atoms with Crippen molar-refractivity contribution in [3.8, 4) is 0 Å². The van der Waals surface area contributed by atoms with E-state index in [-0.39, 0.29) is 11.5 Å². The minimum absolute atomic E-state index is 0.216. The number of nitrogens with two attached hydrogens (primary N) is 1. The molecule has 1 unspecified atom stereocenters. The third-order valence-corrected chi connectivity index (χ3v) is 6.21. The predicted molar refractivity (Wildman–Crippen MR) is 121 cm³/mol. The van der Waals surface area contributed by atoms with Gasteiger partial charge in [0, 0.05) is 6.04 Å². The van der Waals surface area contributed by atoms with Gasteiger partial charge in [-0.15, -0.1) is 0 Å². The smallest absolute Gasteiger partial charge is 0.00914 e. The quantitative estimate of drug-likeness (QED) is 0.717. The molecule has 0 aliphatic carbocycles. The molecule has 0 bridgehead atoms. The number of hydrogen-bond acceptors (Lipinski definition) is 2. The van der Waals surface area contributed by atoms with Crippen molar-refractivity contribution in [2.45, 2.75) is 64.3 Å². The molecule has 0 radical (unpaired) electrons. The van der Waals surface area contributed by atoms with Crippen molar-refractivity contribution < 1.29 is 0 Å². The van der Waals surface area contributed by atoms with E-state index in [0.717, 1.165) is 25.3 Å². The van der Waals surface area contributed by atoms with E-state index in [1.54, 1.807) is 0 Å². The zero-order valence-electron chi connectivity index (χ0n) is 18.0. The molecular weight excluding hydrogens is 340 g/mol. The Kier molecular flexibility index (Phi) is 7.31. The molecule has 1 atom stereocenters. The van der Waals surface area contributed by atoms with Crippen molar-refractivity contribution in [2.24, 2.45) is 11.7 Å². The summed E-state index contributed by atoms with van der Waals surface area (Å²) in [7, 11) is 0. The van der Waals surface area contributed by atoms with Gasteiger partial charge in [0.25, 0.3) is 0 Å². The van der Waals surface area contributed by atoms with Gasteiger partial charge in [0.05, 0.1) is 0 Å². The minimum Gasteiger partial charge on any atom is -0.327 e. The van der Waals surface area contributed by atoms with E-state index in [4.69, 9.17) is 5.73 Å². The van der Waals surface area contributed by atoms with E-state index < -0.39 is 0 Å². The molecule has 1 aliphatic heterocycles. The first kappa shape index (κ1) is 21.1. The molecule has 2 nitrogen and oxygen atoms in total. The maximum atomic E-state index is 6.45. The summed E-state index contributed by atoms with van der Waals surface area (Å²) < 4.78 is 0. The van der Waals surface area contributed by atoms with E-state index in [1.165, 1.54) is 49.0 Å². The molecule has 2 aromatic rings. The highest BCUT2D eigenvalue weighted by Crippen LogP contribution is 2.23. The number of piperidine rings is 1. The summed E-state index contributed by atoms with van der Waals surface area (Å²) in [6.45, 7) is 10.4. The number of nitrogens with zero attached hydrogens (tertiary/aromatic N) is 1. The summed E-state index contributed by atoms with van der Waals surface area (Å²) >= 11 is 0. The number of likely N-dealkylation sites (tertiary alicyclic amines) is 1. The lowest BCUT2D eigenvalue weighted by Crippen LogP contribution is -2.37. The van der Waals surface area contributed by atoms with Crippen molar-refractivity contribution in [1.82, 2.24) is 4.90 Å². The van der Waals surface area contributed by atoms with Crippen molar-refractivity contribution >= 4 is 0 Å². The third-order valence-electron chi connectivity index (χ3n) is 6.21. The van der Waals surface area contributed by atoms with Crippen LogP contribution in [0.5, 0.6) is 0 Å². The van der Waals surface area contributed by atoms with Crippen LogP contribution in [-0.4, -0.2) is 30.6 Å². The van der Waals surface area contributed by atoms with E-state index in [2.05, 4.69) is 80.3 Å². The van der Waals surface area contributed by atoms with Crippen LogP contribution in [0.2, 0.25) is 0 Å². The Bertz CT molecular complexity index is 691. The predicted octanol–water partition coefficient (Wildman–Crippen LogP) is 5.20. The summed E-state index contributed by atoms with van der Waals surface area (Å²) in [5.41, 5.74) is 10.9. The van der Waals surface area contributed by atoms with Crippen LogP contribution in [0.3, 0.4) is 0 Å². The first-order chi connectivity index (χ1) is 13.4. The average Bonchev–Trinajstić information content (AvgIpc) is 2.68. The maximum Gasteiger partial charge on any atom is 0.00914 e. The Morgan fingerprint density at radius 2 is 1.57 bits per heavy atom. The Balaban J connectivity index is 1.37. The molecule has 0 aromatic heterocycles. The highest BCUT2D eigenvalue weighted by Gasteiger charge is 2.20. The molecule has 2 heteroatoms. The maximum absolute atomic E-state index is 6.45. The lowest BCUT2D eigenvalue weighted by atomic mass is 9.86. The van der Waals surface area contributed by atoms with E-state index >= 15 is 0 Å². The summed E-state index contributed by atoms with van der Waals surface area (Å²) in [5.74, 6) is 0.841. The summed E-state index contributed by atoms with van der Waals surface area (Å²) in [6, 6.07) is 20.2. The van der Waals surface area contributed by atoms with Gasteiger partial charge in [-0.2, -0.15) is 0 Å². The SMILES string of the molecule is CC(C)(C)c1ccc(CC(N)CCN2CCC(Cc3ccccc3)CC2)cc1. The molecule has 0 amide bonds. The monoisotopic (exact) mass is 378 g/mol. The molecule has 1 saturated heterocycles. The van der Waals surface area contributed by atoms with Crippen LogP contribution in [0.4, 0.5) is 0 Å². The van der Waals surface area contributed by atoms with Crippen LogP contribution in [-0.2, 0) is 18.3 Å². The second-order valence-electron chi connectivity index (χ2n) is 9.67. The van der Waals surface area contributed by atoms with Gasteiger partial charge in [-0.1, -0.05) is 75.4 Å². The summed E-state index contributed by atoms with van der Waals surface area (Å²) in [5, 5.41) is 0. The van der Waals surface area contributed by atoms with Gasteiger partial charge in [0.15, 0.2) is 0 Å². The highest BCUT2D eigenvalue weighted by atomic mass is 15.1. The second-order valence-corrected chi connectivity index (χ2v) is 9.67. The van der Waals surface area contributed by atoms with Crippen molar-refractivity contribution in [3.63, 3.8) is 0 Å². The molecule has 1 aliphatic rings. The second kappa shape index (κ2) is 9.71. The number of hydrogen-bond donors (Lipinski definition) is 1. The molecule has 28 heavy (non-hydrogen) atoms. The zero-order valence-corrected chi connectivity index (χ0v) is 18.0. The first-order valence-electron chi connectivity index (χ1n) is 11.0. The van der Waals surface area contributed by atoms with Crippen LogP contribution < -0.4 is 5.73 Å². The number of benzene rings is 2. The fourth-order valence-electron chi connectivity index (χ4n) is 4.26. The molecule has 2 N–H and O–H groups in total.